The average molecular weight is 395 g/mol. The fourth-order valence-corrected chi connectivity index (χ4v) is 3.01. The lowest BCUT2D eigenvalue weighted by molar-refractivity contribution is 0.355. The highest BCUT2D eigenvalue weighted by atomic mass is 16.5. The summed E-state index contributed by atoms with van der Waals surface area (Å²) >= 11 is 0. The molecular weight excluding hydrogens is 370 g/mol. The second kappa shape index (κ2) is 8.77. The number of methoxy groups -OCH3 is 3. The van der Waals surface area contributed by atoms with Gasteiger partial charge in [0.25, 0.3) is 0 Å². The van der Waals surface area contributed by atoms with Gasteiger partial charge in [-0.15, -0.1) is 5.10 Å². The Morgan fingerprint density at radius 3 is 2.31 bits per heavy atom. The smallest absolute Gasteiger partial charge is 0.225 e. The van der Waals surface area contributed by atoms with E-state index in [-0.39, 0.29) is 11.3 Å². The Labute approximate surface area is 169 Å². The van der Waals surface area contributed by atoms with E-state index in [1.54, 1.807) is 31.2 Å². The Bertz CT molecular complexity index is 1060. The Hall–Kier alpha value is -3.35. The lowest BCUT2D eigenvalue weighted by Gasteiger charge is -2.08. The van der Waals surface area contributed by atoms with E-state index in [1.165, 1.54) is 7.11 Å². The van der Waals surface area contributed by atoms with Crippen molar-refractivity contribution in [3.05, 3.63) is 63.9 Å². The van der Waals surface area contributed by atoms with Gasteiger partial charge in [-0.1, -0.05) is 31.2 Å². The van der Waals surface area contributed by atoms with Crippen molar-refractivity contribution in [3.63, 3.8) is 0 Å². The molecule has 0 radical (unpaired) electrons. The van der Waals surface area contributed by atoms with Gasteiger partial charge in [-0.2, -0.15) is 0 Å². The van der Waals surface area contributed by atoms with E-state index >= 15 is 0 Å². The zero-order chi connectivity index (χ0) is 21.0. The van der Waals surface area contributed by atoms with Crippen molar-refractivity contribution in [2.24, 2.45) is 0 Å². The van der Waals surface area contributed by atoms with Crippen LogP contribution in [0.25, 0.3) is 11.3 Å². The summed E-state index contributed by atoms with van der Waals surface area (Å²) in [6.45, 7) is 4.44. The molecule has 0 unspecified atom stereocenters. The van der Waals surface area contributed by atoms with Crippen LogP contribution in [0, 0.1) is 0 Å². The number of nitrogens with zero attached hydrogens (tertiary/aromatic N) is 3. The summed E-state index contributed by atoms with van der Waals surface area (Å²) in [4.78, 5) is 12.8. The van der Waals surface area contributed by atoms with Gasteiger partial charge >= 0.3 is 0 Å². The van der Waals surface area contributed by atoms with Crippen molar-refractivity contribution >= 4 is 0 Å². The van der Waals surface area contributed by atoms with Gasteiger partial charge in [0.1, 0.15) is 5.69 Å². The third-order valence-corrected chi connectivity index (χ3v) is 4.73. The number of rotatable bonds is 7. The number of aromatic nitrogens is 3. The van der Waals surface area contributed by atoms with Crippen LogP contribution < -0.4 is 19.6 Å². The molecule has 0 spiro atoms. The third-order valence-electron chi connectivity index (χ3n) is 4.73. The first-order valence-corrected chi connectivity index (χ1v) is 9.30. The summed E-state index contributed by atoms with van der Waals surface area (Å²) in [5, 5.41) is 8.41. The molecule has 1 aromatic heterocycles. The third kappa shape index (κ3) is 4.39. The molecule has 152 valence electrons. The standard InChI is InChI=1S/C22H25N3O4/c1-14(2)15-6-7-17(22(26)21(10-15)29-5)12-25-13-18(23-24-25)16-8-9-19(27-3)20(11-16)28-4/h6-11,13-14H,12H2,1-5H3. The lowest BCUT2D eigenvalue weighted by atomic mass is 10.1. The summed E-state index contributed by atoms with van der Waals surface area (Å²) in [7, 11) is 4.69. The molecule has 7 heteroatoms. The van der Waals surface area contributed by atoms with E-state index in [2.05, 4.69) is 24.2 Å². The molecule has 1 heterocycles. The molecule has 3 rings (SSSR count). The first-order chi connectivity index (χ1) is 14.0. The van der Waals surface area contributed by atoms with Crippen LogP contribution in [0.3, 0.4) is 0 Å². The maximum absolute atomic E-state index is 12.8. The first kappa shape index (κ1) is 20.4. The second-order valence-electron chi connectivity index (χ2n) is 6.93. The van der Waals surface area contributed by atoms with Crippen molar-refractivity contribution in [2.75, 3.05) is 21.3 Å². The van der Waals surface area contributed by atoms with Crippen LogP contribution in [0.15, 0.2) is 47.4 Å². The second-order valence-corrected chi connectivity index (χ2v) is 6.93. The van der Waals surface area contributed by atoms with Gasteiger partial charge in [-0.25, -0.2) is 4.68 Å². The number of hydrogen-bond acceptors (Lipinski definition) is 6. The molecule has 0 bridgehead atoms. The predicted octanol–water partition coefficient (Wildman–Crippen LogP) is 3.50. The predicted molar refractivity (Wildman–Crippen MR) is 111 cm³/mol. The number of ether oxygens (including phenoxy) is 3. The first-order valence-electron chi connectivity index (χ1n) is 9.30. The fourth-order valence-electron chi connectivity index (χ4n) is 3.01. The fraction of sp³-hybridized carbons (Fsp3) is 0.318. The van der Waals surface area contributed by atoms with Gasteiger partial charge in [-0.05, 0) is 35.7 Å². The Balaban J connectivity index is 1.93. The molecule has 0 N–H and O–H groups in total. The minimum atomic E-state index is -0.150. The summed E-state index contributed by atoms with van der Waals surface area (Å²) in [6.07, 6.45) is 1.80. The average Bonchev–Trinajstić information content (AvgIpc) is 3.13. The van der Waals surface area contributed by atoms with E-state index < -0.39 is 0 Å². The summed E-state index contributed by atoms with van der Waals surface area (Å²) in [5.41, 5.74) is 2.98. The number of hydrogen-bond donors (Lipinski definition) is 0. The van der Waals surface area contributed by atoms with Gasteiger partial charge in [-0.3, -0.25) is 4.79 Å². The molecule has 0 fully saturated rings. The maximum atomic E-state index is 12.8. The Kier molecular flexibility index (Phi) is 6.16. The molecule has 0 saturated carbocycles. The zero-order valence-corrected chi connectivity index (χ0v) is 17.3. The highest BCUT2D eigenvalue weighted by Gasteiger charge is 2.12. The van der Waals surface area contributed by atoms with Crippen LogP contribution in [0.2, 0.25) is 0 Å². The molecule has 0 aliphatic rings. The van der Waals surface area contributed by atoms with E-state index in [0.29, 0.717) is 35.1 Å². The van der Waals surface area contributed by atoms with Crippen LogP contribution in [0.5, 0.6) is 17.2 Å². The molecule has 0 aliphatic carbocycles. The molecule has 0 saturated heterocycles. The van der Waals surface area contributed by atoms with Crippen LogP contribution in [-0.2, 0) is 6.54 Å². The lowest BCUT2D eigenvalue weighted by Crippen LogP contribution is -2.12. The van der Waals surface area contributed by atoms with Gasteiger partial charge in [0.15, 0.2) is 17.2 Å². The topological polar surface area (TPSA) is 75.5 Å². The summed E-state index contributed by atoms with van der Waals surface area (Å²) in [6, 6.07) is 11.1. The monoisotopic (exact) mass is 395 g/mol. The van der Waals surface area contributed by atoms with Crippen molar-refractivity contribution in [3.8, 4) is 28.5 Å². The normalized spacial score (nSPS) is 10.8. The quantitative estimate of drug-likeness (QED) is 0.609. The zero-order valence-electron chi connectivity index (χ0n) is 17.3. The minimum absolute atomic E-state index is 0.150. The van der Waals surface area contributed by atoms with Gasteiger partial charge in [0.2, 0.25) is 5.43 Å². The van der Waals surface area contributed by atoms with Crippen molar-refractivity contribution in [2.45, 2.75) is 26.3 Å². The van der Waals surface area contributed by atoms with Crippen LogP contribution >= 0.6 is 0 Å². The SMILES string of the molecule is COc1ccc(-c2cn(Cc3ccc(C(C)C)cc(OC)c3=O)nn2)cc1OC. The Morgan fingerprint density at radius 2 is 1.66 bits per heavy atom. The molecule has 0 amide bonds. The molecular formula is C22H25N3O4. The molecule has 0 aliphatic heterocycles. The number of benzene rings is 1. The van der Waals surface area contributed by atoms with Gasteiger partial charge in [0.05, 0.1) is 34.1 Å². The van der Waals surface area contributed by atoms with Gasteiger partial charge in [0, 0.05) is 11.1 Å². The molecule has 0 atom stereocenters. The van der Waals surface area contributed by atoms with E-state index in [4.69, 9.17) is 14.2 Å². The van der Waals surface area contributed by atoms with Crippen LogP contribution in [0.1, 0.15) is 30.9 Å². The van der Waals surface area contributed by atoms with E-state index in [9.17, 15) is 4.79 Å². The Morgan fingerprint density at radius 1 is 0.931 bits per heavy atom. The van der Waals surface area contributed by atoms with Gasteiger partial charge < -0.3 is 14.2 Å². The molecule has 2 aromatic carbocycles. The largest absolute Gasteiger partial charge is 0.493 e. The van der Waals surface area contributed by atoms with Crippen molar-refractivity contribution in [1.29, 1.82) is 0 Å². The molecule has 29 heavy (non-hydrogen) atoms. The van der Waals surface area contributed by atoms with Crippen molar-refractivity contribution < 1.29 is 14.2 Å². The maximum Gasteiger partial charge on any atom is 0.225 e. The molecule has 3 aromatic rings. The highest BCUT2D eigenvalue weighted by molar-refractivity contribution is 5.63. The van der Waals surface area contributed by atoms with E-state index in [0.717, 1.165) is 11.1 Å². The summed E-state index contributed by atoms with van der Waals surface area (Å²) < 4.78 is 17.6. The van der Waals surface area contributed by atoms with E-state index in [1.807, 2.05) is 30.3 Å². The molecule has 7 nitrogen and oxygen atoms in total. The highest BCUT2D eigenvalue weighted by Crippen LogP contribution is 2.31. The van der Waals surface area contributed by atoms with Crippen LogP contribution in [0.4, 0.5) is 0 Å². The van der Waals surface area contributed by atoms with Crippen molar-refractivity contribution in [1.82, 2.24) is 15.0 Å². The summed E-state index contributed by atoms with van der Waals surface area (Å²) in [5.74, 6) is 1.87. The minimum Gasteiger partial charge on any atom is -0.493 e. The van der Waals surface area contributed by atoms with Crippen LogP contribution in [-0.4, -0.2) is 36.3 Å².